The number of benzene rings is 1. The number of aliphatic hydroxyl groups excluding tert-OH is 1. The highest BCUT2D eigenvalue weighted by Gasteiger charge is 2.44. The van der Waals surface area contributed by atoms with E-state index in [1.165, 1.54) is 0 Å². The summed E-state index contributed by atoms with van der Waals surface area (Å²) >= 11 is 6.09. The normalized spacial score (nSPS) is 22.2. The molecule has 0 saturated heterocycles. The molecule has 1 aliphatic rings. The van der Waals surface area contributed by atoms with Crippen LogP contribution >= 0.6 is 11.6 Å². The number of carbonyl (C=O) groups excluding carboxylic acids is 1. The second kappa shape index (κ2) is 5.52. The van der Waals surface area contributed by atoms with Crippen LogP contribution in [0.2, 0.25) is 5.02 Å². The van der Waals surface area contributed by atoms with E-state index < -0.39 is 0 Å². The number of carbonyl (C=O) groups is 1. The van der Waals surface area contributed by atoms with Crippen LogP contribution in [0, 0.1) is 5.92 Å². The largest absolute Gasteiger partial charge is 0.396 e. The zero-order valence-corrected chi connectivity index (χ0v) is 10.3. The minimum absolute atomic E-state index is 0.0496. The molecule has 2 N–H and O–H groups in total. The van der Waals surface area contributed by atoms with Crippen LogP contribution in [-0.4, -0.2) is 24.2 Å². The molecule has 1 aliphatic carbocycles. The van der Waals surface area contributed by atoms with Crippen molar-refractivity contribution in [2.75, 3.05) is 13.2 Å². The number of hydrogen-bond donors (Lipinski definition) is 2. The van der Waals surface area contributed by atoms with E-state index in [0.29, 0.717) is 13.0 Å². The van der Waals surface area contributed by atoms with Crippen LogP contribution in [0.5, 0.6) is 0 Å². The Balaban J connectivity index is 1.88. The summed E-state index contributed by atoms with van der Waals surface area (Å²) in [6.45, 7) is 0.653. The summed E-state index contributed by atoms with van der Waals surface area (Å²) in [7, 11) is 0. The Morgan fingerprint density at radius 1 is 1.47 bits per heavy atom. The van der Waals surface area contributed by atoms with Gasteiger partial charge in [0.1, 0.15) is 0 Å². The predicted molar refractivity (Wildman–Crippen MR) is 67.0 cm³/mol. The average Bonchev–Trinajstić information content (AvgIpc) is 3.10. The van der Waals surface area contributed by atoms with Crippen molar-refractivity contribution in [3.8, 4) is 0 Å². The van der Waals surface area contributed by atoms with Gasteiger partial charge in [-0.15, -0.1) is 0 Å². The van der Waals surface area contributed by atoms with Crippen LogP contribution in [0.15, 0.2) is 24.3 Å². The molecule has 17 heavy (non-hydrogen) atoms. The molecule has 0 heterocycles. The molecule has 3 nitrogen and oxygen atoms in total. The fraction of sp³-hybridized carbons (Fsp3) is 0.462. The maximum absolute atomic E-state index is 11.7. The molecule has 2 unspecified atom stereocenters. The molecule has 1 amide bonds. The van der Waals surface area contributed by atoms with Gasteiger partial charge in [-0.25, -0.2) is 0 Å². The monoisotopic (exact) mass is 253 g/mol. The Bertz CT molecular complexity index is 408. The van der Waals surface area contributed by atoms with Gasteiger partial charge in [0.25, 0.3) is 0 Å². The number of hydrogen-bond acceptors (Lipinski definition) is 2. The molecule has 0 aromatic heterocycles. The Labute approximate surface area is 106 Å². The summed E-state index contributed by atoms with van der Waals surface area (Å²) in [6.07, 6.45) is 1.48. The number of aliphatic hydroxyl groups is 1. The number of nitrogens with one attached hydrogen (secondary N) is 1. The van der Waals surface area contributed by atoms with E-state index in [-0.39, 0.29) is 24.3 Å². The van der Waals surface area contributed by atoms with E-state index in [0.717, 1.165) is 17.0 Å². The molecular formula is C13H16ClNO2. The summed E-state index contributed by atoms with van der Waals surface area (Å²) in [5.74, 6) is 0.384. The molecule has 0 radical (unpaired) electrons. The van der Waals surface area contributed by atoms with Gasteiger partial charge < -0.3 is 10.4 Å². The lowest BCUT2D eigenvalue weighted by Crippen LogP contribution is -2.26. The highest BCUT2D eigenvalue weighted by Crippen LogP contribution is 2.49. The molecule has 0 aliphatic heterocycles. The number of amides is 1. The molecule has 1 fully saturated rings. The van der Waals surface area contributed by atoms with E-state index in [9.17, 15) is 4.79 Å². The second-order valence-corrected chi connectivity index (χ2v) is 4.75. The van der Waals surface area contributed by atoms with Crippen molar-refractivity contribution in [2.24, 2.45) is 5.92 Å². The molecule has 2 rings (SSSR count). The van der Waals surface area contributed by atoms with Crippen LogP contribution < -0.4 is 5.32 Å². The summed E-state index contributed by atoms with van der Waals surface area (Å²) in [5, 5.41) is 12.2. The van der Waals surface area contributed by atoms with Crippen LogP contribution in [0.3, 0.4) is 0 Å². The smallest absolute Gasteiger partial charge is 0.223 e. The zero-order chi connectivity index (χ0) is 12.3. The van der Waals surface area contributed by atoms with Gasteiger partial charge in [-0.2, -0.15) is 0 Å². The molecule has 4 heteroatoms. The molecule has 1 saturated carbocycles. The third-order valence-corrected chi connectivity index (χ3v) is 3.41. The number of rotatable bonds is 5. The molecule has 1 aromatic carbocycles. The Hall–Kier alpha value is -1.06. The van der Waals surface area contributed by atoms with Crippen molar-refractivity contribution in [2.45, 2.75) is 18.8 Å². The van der Waals surface area contributed by atoms with E-state index in [4.69, 9.17) is 16.7 Å². The zero-order valence-electron chi connectivity index (χ0n) is 9.53. The van der Waals surface area contributed by atoms with Gasteiger partial charge in [-0.3, -0.25) is 4.79 Å². The summed E-state index contributed by atoms with van der Waals surface area (Å²) < 4.78 is 0. The van der Waals surface area contributed by atoms with Crippen LogP contribution in [0.1, 0.15) is 24.3 Å². The first-order valence-electron chi connectivity index (χ1n) is 5.87. The summed E-state index contributed by atoms with van der Waals surface area (Å²) in [4.78, 5) is 11.7. The van der Waals surface area contributed by atoms with Gasteiger partial charge in [0.05, 0.1) is 0 Å². The lowest BCUT2D eigenvalue weighted by Gasteiger charge is -2.04. The highest BCUT2D eigenvalue weighted by molar-refractivity contribution is 6.31. The van der Waals surface area contributed by atoms with Crippen molar-refractivity contribution in [3.05, 3.63) is 34.9 Å². The van der Waals surface area contributed by atoms with Gasteiger partial charge in [0.2, 0.25) is 5.91 Å². The van der Waals surface area contributed by atoms with Crippen molar-refractivity contribution >= 4 is 17.5 Å². The fourth-order valence-corrected chi connectivity index (χ4v) is 2.30. The van der Waals surface area contributed by atoms with Crippen LogP contribution in [-0.2, 0) is 4.79 Å². The third kappa shape index (κ3) is 2.99. The van der Waals surface area contributed by atoms with Gasteiger partial charge in [-0.1, -0.05) is 29.8 Å². The highest BCUT2D eigenvalue weighted by atomic mass is 35.5. The van der Waals surface area contributed by atoms with Crippen molar-refractivity contribution < 1.29 is 9.90 Å². The van der Waals surface area contributed by atoms with Crippen molar-refractivity contribution in [1.82, 2.24) is 5.32 Å². The van der Waals surface area contributed by atoms with E-state index in [2.05, 4.69) is 5.32 Å². The summed E-state index contributed by atoms with van der Waals surface area (Å²) in [5.41, 5.74) is 1.07. The first-order chi connectivity index (χ1) is 8.24. The first kappa shape index (κ1) is 12.4. The average molecular weight is 254 g/mol. The van der Waals surface area contributed by atoms with E-state index in [1.54, 1.807) is 0 Å². The van der Waals surface area contributed by atoms with Crippen LogP contribution in [0.4, 0.5) is 0 Å². The molecule has 92 valence electrons. The minimum Gasteiger partial charge on any atom is -0.396 e. The standard InChI is InChI=1S/C13H16ClNO2/c14-12-5-2-1-4-9(12)10-8-11(10)13(17)15-6-3-7-16/h1-2,4-5,10-11,16H,3,6-8H2,(H,15,17). The maximum atomic E-state index is 11.7. The van der Waals surface area contributed by atoms with Gasteiger partial charge >= 0.3 is 0 Å². The third-order valence-electron chi connectivity index (χ3n) is 3.07. The fourth-order valence-electron chi connectivity index (χ4n) is 2.03. The van der Waals surface area contributed by atoms with E-state index >= 15 is 0 Å². The Morgan fingerprint density at radius 2 is 2.24 bits per heavy atom. The van der Waals surface area contributed by atoms with Crippen LogP contribution in [0.25, 0.3) is 0 Å². The summed E-state index contributed by atoms with van der Waals surface area (Å²) in [6, 6.07) is 7.68. The van der Waals surface area contributed by atoms with E-state index in [1.807, 2.05) is 24.3 Å². The SMILES string of the molecule is O=C(NCCCO)C1CC1c1ccccc1Cl. The lowest BCUT2D eigenvalue weighted by atomic mass is 10.1. The molecule has 0 spiro atoms. The predicted octanol–water partition coefficient (Wildman–Crippen LogP) is 1.94. The molecule has 2 atom stereocenters. The Morgan fingerprint density at radius 3 is 2.94 bits per heavy atom. The minimum atomic E-state index is 0.0496. The van der Waals surface area contributed by atoms with Gasteiger partial charge in [0.15, 0.2) is 0 Å². The maximum Gasteiger partial charge on any atom is 0.223 e. The van der Waals surface area contributed by atoms with Gasteiger partial charge in [0, 0.05) is 24.1 Å². The Kier molecular flexibility index (Phi) is 4.02. The number of halogens is 1. The quantitative estimate of drug-likeness (QED) is 0.788. The first-order valence-corrected chi connectivity index (χ1v) is 6.25. The van der Waals surface area contributed by atoms with Crippen molar-refractivity contribution in [3.63, 3.8) is 0 Å². The lowest BCUT2D eigenvalue weighted by molar-refractivity contribution is -0.122. The molecular weight excluding hydrogens is 238 g/mol. The molecule has 0 bridgehead atoms. The topological polar surface area (TPSA) is 49.3 Å². The van der Waals surface area contributed by atoms with Crippen molar-refractivity contribution in [1.29, 1.82) is 0 Å². The molecule has 1 aromatic rings. The van der Waals surface area contributed by atoms with Gasteiger partial charge in [-0.05, 0) is 30.4 Å². The second-order valence-electron chi connectivity index (χ2n) is 4.34.